The lowest BCUT2D eigenvalue weighted by molar-refractivity contribution is -0.385. The first-order valence-electron chi connectivity index (χ1n) is 9.08. The minimum Gasteiger partial charge on any atom is -0.432 e. The normalized spacial score (nSPS) is 14.8. The molecule has 28 heavy (non-hydrogen) atoms. The zero-order valence-corrected chi connectivity index (χ0v) is 16.5. The Morgan fingerprint density at radius 1 is 1.25 bits per heavy atom. The molecule has 0 N–H and O–H groups in total. The zero-order valence-electron chi connectivity index (χ0n) is 16.5. The van der Waals surface area contributed by atoms with Crippen LogP contribution >= 0.6 is 0 Å². The van der Waals surface area contributed by atoms with Gasteiger partial charge in [0.15, 0.2) is 5.69 Å². The number of nitro groups is 1. The van der Waals surface area contributed by atoms with Crippen molar-refractivity contribution in [2.75, 3.05) is 26.3 Å². The quantitative estimate of drug-likeness (QED) is 0.589. The summed E-state index contributed by atoms with van der Waals surface area (Å²) in [7, 11) is 0. The van der Waals surface area contributed by atoms with Crippen LogP contribution in [0.3, 0.4) is 0 Å². The Kier molecular flexibility index (Phi) is 5.37. The van der Waals surface area contributed by atoms with Crippen LogP contribution in [0.25, 0.3) is 0 Å². The van der Waals surface area contributed by atoms with E-state index in [0.717, 1.165) is 0 Å². The minimum atomic E-state index is -0.498. The molecule has 2 heterocycles. The van der Waals surface area contributed by atoms with E-state index in [1.54, 1.807) is 28.6 Å². The first-order chi connectivity index (χ1) is 13.2. The van der Waals surface area contributed by atoms with Gasteiger partial charge in [0, 0.05) is 24.7 Å². The van der Waals surface area contributed by atoms with E-state index < -0.39 is 10.5 Å². The summed E-state index contributed by atoms with van der Waals surface area (Å²) in [4.78, 5) is 25.5. The van der Waals surface area contributed by atoms with Gasteiger partial charge in [-0.15, -0.1) is 0 Å². The molecule has 0 spiro atoms. The number of nitro benzene ring substituents is 1. The Morgan fingerprint density at radius 3 is 2.50 bits per heavy atom. The highest BCUT2D eigenvalue weighted by atomic mass is 16.6. The van der Waals surface area contributed by atoms with Gasteiger partial charge >= 0.3 is 5.69 Å². The average molecular weight is 388 g/mol. The van der Waals surface area contributed by atoms with E-state index in [4.69, 9.17) is 9.47 Å². The molecule has 1 saturated heterocycles. The van der Waals surface area contributed by atoms with Gasteiger partial charge in [0.2, 0.25) is 11.6 Å². The molecule has 2 aromatic rings. The Hall–Kier alpha value is -2.94. The molecule has 0 saturated carbocycles. The first-order valence-corrected chi connectivity index (χ1v) is 9.08. The summed E-state index contributed by atoms with van der Waals surface area (Å²) in [5.74, 6) is 0.223. The Labute approximate surface area is 163 Å². The number of nitrogens with zero attached hydrogens (tertiary/aromatic N) is 4. The highest BCUT2D eigenvalue weighted by Crippen LogP contribution is 2.36. The number of aromatic nitrogens is 2. The molecule has 0 unspecified atom stereocenters. The summed E-state index contributed by atoms with van der Waals surface area (Å²) in [6, 6.07) is 6.14. The molecule has 0 radical (unpaired) electrons. The van der Waals surface area contributed by atoms with E-state index in [-0.39, 0.29) is 23.0 Å². The second-order valence-electron chi connectivity index (χ2n) is 7.59. The molecular formula is C19H24N4O5. The molecule has 0 bridgehead atoms. The molecule has 1 aliphatic rings. The fraction of sp³-hybridized carbons (Fsp3) is 0.474. The van der Waals surface area contributed by atoms with Gasteiger partial charge in [-0.1, -0.05) is 12.1 Å². The third-order valence-electron chi connectivity index (χ3n) is 4.47. The van der Waals surface area contributed by atoms with Crippen LogP contribution in [0.1, 0.15) is 36.8 Å². The molecule has 9 nitrogen and oxygen atoms in total. The van der Waals surface area contributed by atoms with Gasteiger partial charge in [-0.2, -0.15) is 5.10 Å². The van der Waals surface area contributed by atoms with Gasteiger partial charge in [0.1, 0.15) is 0 Å². The predicted octanol–water partition coefficient (Wildman–Crippen LogP) is 3.12. The lowest BCUT2D eigenvalue weighted by Crippen LogP contribution is -2.41. The van der Waals surface area contributed by atoms with Crippen molar-refractivity contribution in [1.82, 2.24) is 14.7 Å². The fourth-order valence-electron chi connectivity index (χ4n) is 2.97. The van der Waals surface area contributed by atoms with E-state index >= 15 is 0 Å². The molecule has 0 atom stereocenters. The number of benzene rings is 1. The highest BCUT2D eigenvalue weighted by Gasteiger charge is 2.31. The van der Waals surface area contributed by atoms with Crippen LogP contribution < -0.4 is 4.74 Å². The number of carbonyl (C=O) groups excluding carboxylic acids is 1. The van der Waals surface area contributed by atoms with E-state index in [9.17, 15) is 14.9 Å². The molecule has 9 heteroatoms. The van der Waals surface area contributed by atoms with Crippen LogP contribution in [0.15, 0.2) is 24.3 Å². The monoisotopic (exact) mass is 388 g/mol. The van der Waals surface area contributed by atoms with E-state index in [0.29, 0.717) is 37.7 Å². The third kappa shape index (κ3) is 3.84. The predicted molar refractivity (Wildman–Crippen MR) is 102 cm³/mol. The highest BCUT2D eigenvalue weighted by molar-refractivity contribution is 5.94. The number of amides is 1. The summed E-state index contributed by atoms with van der Waals surface area (Å²) in [5, 5.41) is 15.8. The van der Waals surface area contributed by atoms with Crippen LogP contribution in [0, 0.1) is 17.0 Å². The van der Waals surface area contributed by atoms with Crippen molar-refractivity contribution >= 4 is 11.6 Å². The molecule has 1 aromatic carbocycles. The molecule has 1 fully saturated rings. The van der Waals surface area contributed by atoms with Crippen molar-refractivity contribution in [1.29, 1.82) is 0 Å². The van der Waals surface area contributed by atoms with Gasteiger partial charge in [-0.05, 0) is 33.8 Å². The number of hydrogen-bond acceptors (Lipinski definition) is 6. The summed E-state index contributed by atoms with van der Waals surface area (Å²) in [6.45, 7) is 9.50. The van der Waals surface area contributed by atoms with Crippen molar-refractivity contribution in [2.24, 2.45) is 0 Å². The molecular weight excluding hydrogens is 364 g/mol. The van der Waals surface area contributed by atoms with Crippen molar-refractivity contribution in [3.63, 3.8) is 0 Å². The molecule has 1 aliphatic heterocycles. The summed E-state index contributed by atoms with van der Waals surface area (Å²) in [5.41, 5.74) is 0.187. The molecule has 3 rings (SSSR count). The molecule has 1 amide bonds. The van der Waals surface area contributed by atoms with Gasteiger partial charge < -0.3 is 14.4 Å². The number of morpholine rings is 1. The van der Waals surface area contributed by atoms with Crippen molar-refractivity contribution in [3.8, 4) is 11.6 Å². The first kappa shape index (κ1) is 19.8. The molecule has 1 aromatic heterocycles. The van der Waals surface area contributed by atoms with Crippen LogP contribution in [-0.4, -0.2) is 51.8 Å². The zero-order chi connectivity index (χ0) is 20.5. The second-order valence-corrected chi connectivity index (χ2v) is 7.59. The van der Waals surface area contributed by atoms with E-state index in [2.05, 4.69) is 5.10 Å². The standard InChI is InChI=1S/C19H24N4O5/c1-13-16(17(24)21-9-11-27-12-10-21)20-22(19(2,3)4)18(13)28-15-8-6-5-7-14(15)23(25)26/h5-8H,9-12H2,1-4H3. The summed E-state index contributed by atoms with van der Waals surface area (Å²) >= 11 is 0. The van der Waals surface area contributed by atoms with E-state index in [1.165, 1.54) is 12.1 Å². The lowest BCUT2D eigenvalue weighted by Gasteiger charge is -2.26. The Balaban J connectivity index is 2.04. The molecule has 150 valence electrons. The van der Waals surface area contributed by atoms with Crippen molar-refractivity contribution < 1.29 is 19.2 Å². The SMILES string of the molecule is Cc1c(C(=O)N2CCOCC2)nn(C(C)(C)C)c1Oc1ccccc1[N+](=O)[O-]. The number of ether oxygens (including phenoxy) is 2. The van der Waals surface area contributed by atoms with E-state index in [1.807, 2.05) is 20.8 Å². The van der Waals surface area contributed by atoms with Crippen LogP contribution in [0.4, 0.5) is 5.69 Å². The number of hydrogen-bond donors (Lipinski definition) is 0. The Bertz CT molecular complexity index is 894. The Morgan fingerprint density at radius 2 is 1.89 bits per heavy atom. The van der Waals surface area contributed by atoms with Crippen LogP contribution in [0.2, 0.25) is 0 Å². The van der Waals surface area contributed by atoms with Gasteiger partial charge in [-0.25, -0.2) is 4.68 Å². The molecule has 0 aliphatic carbocycles. The van der Waals surface area contributed by atoms with Gasteiger partial charge in [0.05, 0.1) is 23.7 Å². The maximum absolute atomic E-state index is 13.0. The van der Waals surface area contributed by atoms with Crippen LogP contribution in [-0.2, 0) is 10.3 Å². The second kappa shape index (κ2) is 7.59. The van der Waals surface area contributed by atoms with Crippen molar-refractivity contribution in [2.45, 2.75) is 33.2 Å². The lowest BCUT2D eigenvalue weighted by atomic mass is 10.1. The smallest absolute Gasteiger partial charge is 0.311 e. The topological polar surface area (TPSA) is 99.7 Å². The van der Waals surface area contributed by atoms with Crippen LogP contribution in [0.5, 0.6) is 11.6 Å². The van der Waals surface area contributed by atoms with Crippen molar-refractivity contribution in [3.05, 3.63) is 45.6 Å². The number of carbonyl (C=O) groups is 1. The largest absolute Gasteiger partial charge is 0.432 e. The maximum Gasteiger partial charge on any atom is 0.311 e. The minimum absolute atomic E-state index is 0.103. The number of rotatable bonds is 4. The third-order valence-corrected chi connectivity index (χ3v) is 4.47. The number of para-hydroxylation sites is 2. The van der Waals surface area contributed by atoms with Gasteiger partial charge in [0.25, 0.3) is 5.91 Å². The van der Waals surface area contributed by atoms with Gasteiger partial charge in [-0.3, -0.25) is 14.9 Å². The maximum atomic E-state index is 13.0. The summed E-state index contributed by atoms with van der Waals surface area (Å²) < 4.78 is 12.9. The average Bonchev–Trinajstić information content (AvgIpc) is 2.99. The fourth-order valence-corrected chi connectivity index (χ4v) is 2.97. The summed E-state index contributed by atoms with van der Waals surface area (Å²) in [6.07, 6.45) is 0.